The highest BCUT2D eigenvalue weighted by Crippen LogP contribution is 2.33. The first-order valence-electron chi connectivity index (χ1n) is 7.18. The Morgan fingerprint density at radius 1 is 1.35 bits per heavy atom. The number of rotatable bonds is 4. The molecular formula is C14H18N5O2S2-. The lowest BCUT2D eigenvalue weighted by Crippen LogP contribution is -2.44. The molecular weight excluding hydrogens is 334 g/mol. The monoisotopic (exact) mass is 352 g/mol. The molecule has 0 saturated carbocycles. The molecule has 0 aliphatic carbocycles. The minimum Gasteiger partial charge on any atom is -0.755 e. The number of nitrogens with two attached hydrogens (primary N) is 1. The van der Waals surface area contributed by atoms with Crippen LogP contribution in [0.2, 0.25) is 0 Å². The molecule has 3 N–H and O–H groups in total. The summed E-state index contributed by atoms with van der Waals surface area (Å²) in [5.41, 5.74) is 8.70. The van der Waals surface area contributed by atoms with Gasteiger partial charge in [0, 0.05) is 48.4 Å². The quantitative estimate of drug-likeness (QED) is 0.806. The molecule has 2 heterocycles. The molecule has 3 rings (SSSR count). The smallest absolute Gasteiger partial charge is 0.180 e. The fourth-order valence-corrected chi connectivity index (χ4v) is 3.53. The minimum absolute atomic E-state index is 0.491. The average Bonchev–Trinajstić information content (AvgIpc) is 2.94. The molecule has 2 aromatic rings. The fraction of sp³-hybridized carbons (Fsp3) is 0.357. The first-order chi connectivity index (χ1) is 11.0. The standard InChI is InChI=1S/C14H19N5O2S2/c1-18-4-6-19(7-5-18)13-3-2-10(8-11(13)17-23(20)21)12-9-22-14(15)16-12/h2-3,8-9,17H,4-7H2,1H3,(H2,15,16)(H,20,21)/p-1. The van der Waals surface area contributed by atoms with E-state index in [1.165, 1.54) is 11.3 Å². The maximum Gasteiger partial charge on any atom is 0.180 e. The Morgan fingerprint density at radius 2 is 2.09 bits per heavy atom. The van der Waals surface area contributed by atoms with Crippen molar-refractivity contribution in [1.82, 2.24) is 9.88 Å². The van der Waals surface area contributed by atoms with Gasteiger partial charge in [-0.25, -0.2) is 4.98 Å². The highest BCUT2D eigenvalue weighted by molar-refractivity contribution is 7.80. The van der Waals surface area contributed by atoms with Crippen molar-refractivity contribution in [3.05, 3.63) is 23.6 Å². The predicted molar refractivity (Wildman–Crippen MR) is 94.2 cm³/mol. The molecule has 1 saturated heterocycles. The Kier molecular flexibility index (Phi) is 4.81. The minimum atomic E-state index is -2.38. The van der Waals surface area contributed by atoms with E-state index in [9.17, 15) is 8.76 Å². The molecule has 1 aliphatic heterocycles. The van der Waals surface area contributed by atoms with Crippen molar-refractivity contribution >= 4 is 39.1 Å². The molecule has 124 valence electrons. The molecule has 0 radical (unpaired) electrons. The third kappa shape index (κ3) is 3.81. The molecule has 1 aromatic heterocycles. The van der Waals surface area contributed by atoms with Crippen LogP contribution in [0.1, 0.15) is 0 Å². The first kappa shape index (κ1) is 16.2. The number of nitrogens with one attached hydrogen (secondary N) is 1. The maximum atomic E-state index is 11.1. The lowest BCUT2D eigenvalue weighted by atomic mass is 10.1. The number of anilines is 3. The van der Waals surface area contributed by atoms with Crippen LogP contribution in [0.15, 0.2) is 23.6 Å². The van der Waals surface area contributed by atoms with Crippen LogP contribution in [0.25, 0.3) is 11.3 Å². The van der Waals surface area contributed by atoms with Gasteiger partial charge in [0.1, 0.15) is 0 Å². The number of aromatic nitrogens is 1. The van der Waals surface area contributed by atoms with Gasteiger partial charge in [0.05, 0.1) is 17.1 Å². The Labute approximate surface area is 141 Å². The van der Waals surface area contributed by atoms with Crippen LogP contribution >= 0.6 is 11.3 Å². The van der Waals surface area contributed by atoms with E-state index >= 15 is 0 Å². The van der Waals surface area contributed by atoms with Crippen LogP contribution in [0.3, 0.4) is 0 Å². The Bertz CT molecular complexity index is 713. The molecule has 9 heteroatoms. The van der Waals surface area contributed by atoms with Crippen LogP contribution in [-0.4, -0.2) is 51.9 Å². The summed E-state index contributed by atoms with van der Waals surface area (Å²) < 4.78 is 24.8. The van der Waals surface area contributed by atoms with Gasteiger partial charge in [0.2, 0.25) is 0 Å². The fourth-order valence-electron chi connectivity index (χ4n) is 2.61. The van der Waals surface area contributed by atoms with E-state index in [-0.39, 0.29) is 0 Å². The van der Waals surface area contributed by atoms with Gasteiger partial charge >= 0.3 is 0 Å². The maximum absolute atomic E-state index is 11.1. The highest BCUT2D eigenvalue weighted by atomic mass is 32.2. The van der Waals surface area contributed by atoms with Crippen molar-refractivity contribution in [2.75, 3.05) is 48.6 Å². The van der Waals surface area contributed by atoms with Gasteiger partial charge in [-0.3, -0.25) is 4.21 Å². The zero-order chi connectivity index (χ0) is 16.4. The Hall–Kier alpha value is -1.68. The summed E-state index contributed by atoms with van der Waals surface area (Å²) in [6.45, 7) is 3.62. The van der Waals surface area contributed by atoms with Gasteiger partial charge in [-0.1, -0.05) is 6.07 Å². The Morgan fingerprint density at radius 3 is 2.70 bits per heavy atom. The summed E-state index contributed by atoms with van der Waals surface area (Å²) in [7, 11) is 2.08. The molecule has 1 atom stereocenters. The van der Waals surface area contributed by atoms with Crippen molar-refractivity contribution in [3.8, 4) is 11.3 Å². The second kappa shape index (κ2) is 6.83. The first-order valence-corrected chi connectivity index (χ1v) is 9.13. The van der Waals surface area contributed by atoms with Crippen LogP contribution in [0.5, 0.6) is 0 Å². The number of likely N-dealkylation sites (N-methyl/N-ethyl adjacent to an activating group) is 1. The Balaban J connectivity index is 1.93. The van der Waals surface area contributed by atoms with Gasteiger partial charge in [-0.05, 0) is 19.2 Å². The molecule has 7 nitrogen and oxygen atoms in total. The van der Waals surface area contributed by atoms with Crippen LogP contribution in [-0.2, 0) is 11.3 Å². The van der Waals surface area contributed by atoms with E-state index in [4.69, 9.17) is 5.73 Å². The van der Waals surface area contributed by atoms with E-state index in [0.717, 1.165) is 43.1 Å². The summed E-state index contributed by atoms with van der Waals surface area (Å²) in [6, 6.07) is 5.68. The van der Waals surface area contributed by atoms with Crippen molar-refractivity contribution in [2.24, 2.45) is 0 Å². The summed E-state index contributed by atoms with van der Waals surface area (Å²) in [6.07, 6.45) is 0. The van der Waals surface area contributed by atoms with Crippen molar-refractivity contribution in [3.63, 3.8) is 0 Å². The number of nitrogens with zero attached hydrogens (tertiary/aromatic N) is 3. The van der Waals surface area contributed by atoms with Gasteiger partial charge in [-0.2, -0.15) is 0 Å². The molecule has 1 unspecified atom stereocenters. The average molecular weight is 352 g/mol. The number of hydrogen-bond acceptors (Lipinski definition) is 7. The summed E-state index contributed by atoms with van der Waals surface area (Å²) in [5, 5.41) is 2.35. The lowest BCUT2D eigenvalue weighted by molar-refractivity contribution is 0.313. The van der Waals surface area contributed by atoms with Gasteiger partial charge in [0.25, 0.3) is 0 Å². The van der Waals surface area contributed by atoms with Gasteiger partial charge in [-0.15, -0.1) is 11.3 Å². The van der Waals surface area contributed by atoms with Gasteiger partial charge in [0.15, 0.2) is 5.13 Å². The third-order valence-electron chi connectivity index (χ3n) is 3.85. The van der Waals surface area contributed by atoms with E-state index in [1.54, 1.807) is 6.07 Å². The molecule has 1 aromatic carbocycles. The lowest BCUT2D eigenvalue weighted by Gasteiger charge is -2.35. The molecule has 23 heavy (non-hydrogen) atoms. The summed E-state index contributed by atoms with van der Waals surface area (Å²) in [5.74, 6) is 0. The zero-order valence-corrected chi connectivity index (χ0v) is 14.3. The number of hydrogen-bond donors (Lipinski definition) is 2. The van der Waals surface area contributed by atoms with E-state index < -0.39 is 11.3 Å². The second-order valence-corrected chi connectivity index (χ2v) is 6.99. The van der Waals surface area contributed by atoms with Crippen LogP contribution < -0.4 is 15.4 Å². The predicted octanol–water partition coefficient (Wildman–Crippen LogP) is 1.35. The second-order valence-electron chi connectivity index (χ2n) is 5.43. The van der Waals surface area contributed by atoms with E-state index in [1.807, 2.05) is 17.5 Å². The van der Waals surface area contributed by atoms with E-state index in [0.29, 0.717) is 10.8 Å². The van der Waals surface area contributed by atoms with E-state index in [2.05, 4.69) is 26.6 Å². The topological polar surface area (TPSA) is 97.6 Å². The molecule has 1 aliphatic rings. The SMILES string of the molecule is CN1CCN(c2ccc(-c3csc(N)n3)cc2NS(=O)[O-])CC1. The van der Waals surface area contributed by atoms with Crippen molar-refractivity contribution < 1.29 is 8.76 Å². The number of benzene rings is 1. The molecule has 1 fully saturated rings. The number of thiazole rings is 1. The third-order valence-corrected chi connectivity index (χ3v) is 4.91. The largest absolute Gasteiger partial charge is 0.755 e. The normalized spacial score (nSPS) is 17.2. The van der Waals surface area contributed by atoms with Crippen LogP contribution in [0.4, 0.5) is 16.5 Å². The van der Waals surface area contributed by atoms with Crippen molar-refractivity contribution in [1.29, 1.82) is 0 Å². The van der Waals surface area contributed by atoms with Crippen molar-refractivity contribution in [2.45, 2.75) is 0 Å². The van der Waals surface area contributed by atoms with Gasteiger partial charge < -0.3 is 24.8 Å². The molecule has 0 bridgehead atoms. The molecule has 0 amide bonds. The number of nitrogen functional groups attached to an aromatic ring is 1. The summed E-state index contributed by atoms with van der Waals surface area (Å²) in [4.78, 5) is 8.69. The molecule has 0 spiro atoms. The highest BCUT2D eigenvalue weighted by Gasteiger charge is 2.18. The zero-order valence-electron chi connectivity index (χ0n) is 12.7. The van der Waals surface area contributed by atoms with Crippen LogP contribution in [0, 0.1) is 0 Å². The summed E-state index contributed by atoms with van der Waals surface area (Å²) >= 11 is -1.02. The number of piperazine rings is 1.